The summed E-state index contributed by atoms with van der Waals surface area (Å²) in [5, 5.41) is 0.179. The summed E-state index contributed by atoms with van der Waals surface area (Å²) in [7, 11) is 0. The Morgan fingerprint density at radius 3 is 2.79 bits per heavy atom. The Labute approximate surface area is 83.5 Å². The van der Waals surface area contributed by atoms with Gasteiger partial charge in [-0.3, -0.25) is 0 Å². The molecule has 0 amide bonds. The summed E-state index contributed by atoms with van der Waals surface area (Å²) >= 11 is 5.56. The number of aromatic amines is 1. The molecule has 0 spiro atoms. The van der Waals surface area contributed by atoms with Gasteiger partial charge in [-0.25, -0.2) is 4.98 Å². The quantitative estimate of drug-likeness (QED) is 0.721. The summed E-state index contributed by atoms with van der Waals surface area (Å²) in [5.74, 6) is -1.26. The average Bonchev–Trinajstić information content (AvgIpc) is 2.41. The molecule has 1 aliphatic rings. The van der Waals surface area contributed by atoms with Gasteiger partial charge in [-0.15, -0.1) is 0 Å². The van der Waals surface area contributed by atoms with Gasteiger partial charge in [-0.05, 0) is 24.4 Å². The second kappa shape index (κ2) is 3.15. The van der Waals surface area contributed by atoms with Gasteiger partial charge in [0.05, 0.1) is 11.6 Å². The van der Waals surface area contributed by atoms with Gasteiger partial charge in [-0.2, -0.15) is 13.2 Å². The molecule has 1 aromatic rings. The summed E-state index contributed by atoms with van der Waals surface area (Å²) in [5.41, 5.74) is 1.21. The van der Waals surface area contributed by atoms with Gasteiger partial charge in [0.1, 0.15) is 0 Å². The number of aryl methyl sites for hydroxylation is 1. The molecule has 6 heteroatoms. The summed E-state index contributed by atoms with van der Waals surface area (Å²) in [6.07, 6.45) is -3.69. The van der Waals surface area contributed by atoms with Gasteiger partial charge in [0, 0.05) is 12.1 Å². The van der Waals surface area contributed by atoms with Crippen molar-refractivity contribution < 1.29 is 13.2 Å². The third kappa shape index (κ3) is 1.73. The fraction of sp³-hybridized carbons (Fsp3) is 0.625. The molecule has 1 atom stereocenters. The maximum absolute atomic E-state index is 12.4. The van der Waals surface area contributed by atoms with Crippen molar-refractivity contribution in [3.05, 3.63) is 16.7 Å². The number of nitrogens with zero attached hydrogens (tertiary/aromatic N) is 1. The first-order valence-electron chi connectivity index (χ1n) is 4.27. The van der Waals surface area contributed by atoms with Gasteiger partial charge in [0.25, 0.3) is 0 Å². The van der Waals surface area contributed by atoms with Gasteiger partial charge >= 0.3 is 6.18 Å². The van der Waals surface area contributed by atoms with Crippen LogP contribution in [-0.2, 0) is 12.8 Å². The number of halogens is 4. The first-order chi connectivity index (χ1) is 6.47. The Kier molecular flexibility index (Phi) is 2.21. The van der Waals surface area contributed by atoms with Gasteiger partial charge in [0.15, 0.2) is 5.28 Å². The van der Waals surface area contributed by atoms with Gasteiger partial charge in [-0.1, -0.05) is 0 Å². The number of hydrogen-bond donors (Lipinski definition) is 1. The number of imidazole rings is 1. The molecule has 1 unspecified atom stereocenters. The Balaban J connectivity index is 2.21. The Morgan fingerprint density at radius 2 is 2.14 bits per heavy atom. The molecule has 1 aliphatic carbocycles. The maximum Gasteiger partial charge on any atom is 0.392 e. The molecule has 78 valence electrons. The van der Waals surface area contributed by atoms with Crippen LogP contribution in [0.15, 0.2) is 0 Å². The third-order valence-corrected chi connectivity index (χ3v) is 2.66. The fourth-order valence-electron chi connectivity index (χ4n) is 1.73. The van der Waals surface area contributed by atoms with E-state index in [-0.39, 0.29) is 18.1 Å². The van der Waals surface area contributed by atoms with E-state index in [9.17, 15) is 13.2 Å². The molecule has 0 radical (unpaired) electrons. The first-order valence-corrected chi connectivity index (χ1v) is 4.64. The molecule has 0 fully saturated rings. The molecular formula is C8H8ClF3N2. The van der Waals surface area contributed by atoms with Crippen LogP contribution in [0.4, 0.5) is 13.2 Å². The van der Waals surface area contributed by atoms with Crippen LogP contribution in [0, 0.1) is 5.92 Å². The van der Waals surface area contributed by atoms with E-state index in [0.29, 0.717) is 17.8 Å². The highest BCUT2D eigenvalue weighted by atomic mass is 35.5. The number of aromatic nitrogens is 2. The molecule has 0 saturated heterocycles. The van der Waals surface area contributed by atoms with Crippen molar-refractivity contribution in [2.75, 3.05) is 0 Å². The van der Waals surface area contributed by atoms with Crippen LogP contribution in [0.2, 0.25) is 5.28 Å². The van der Waals surface area contributed by atoms with Gasteiger partial charge in [0.2, 0.25) is 0 Å². The molecule has 0 bridgehead atoms. The maximum atomic E-state index is 12.4. The summed E-state index contributed by atoms with van der Waals surface area (Å²) < 4.78 is 37.1. The number of alkyl halides is 3. The predicted molar refractivity (Wildman–Crippen MR) is 45.2 cm³/mol. The van der Waals surface area contributed by atoms with Crippen LogP contribution in [0.25, 0.3) is 0 Å². The number of fused-ring (bicyclic) bond motifs is 1. The van der Waals surface area contributed by atoms with Crippen LogP contribution < -0.4 is 0 Å². The number of nitrogens with one attached hydrogen (secondary N) is 1. The minimum Gasteiger partial charge on any atom is -0.332 e. The van der Waals surface area contributed by atoms with E-state index in [2.05, 4.69) is 9.97 Å². The number of hydrogen-bond acceptors (Lipinski definition) is 1. The average molecular weight is 225 g/mol. The smallest absolute Gasteiger partial charge is 0.332 e. The van der Waals surface area contributed by atoms with Crippen molar-refractivity contribution >= 4 is 11.6 Å². The van der Waals surface area contributed by atoms with Crippen LogP contribution >= 0.6 is 11.6 Å². The largest absolute Gasteiger partial charge is 0.392 e. The van der Waals surface area contributed by atoms with Crippen molar-refractivity contribution in [1.82, 2.24) is 9.97 Å². The Morgan fingerprint density at radius 1 is 1.43 bits per heavy atom. The molecule has 1 heterocycles. The van der Waals surface area contributed by atoms with E-state index in [0.717, 1.165) is 0 Å². The molecule has 2 nitrogen and oxygen atoms in total. The minimum atomic E-state index is -4.12. The zero-order chi connectivity index (χ0) is 10.3. The topological polar surface area (TPSA) is 28.7 Å². The van der Waals surface area contributed by atoms with Gasteiger partial charge < -0.3 is 4.98 Å². The van der Waals surface area contributed by atoms with Crippen molar-refractivity contribution in [3.8, 4) is 0 Å². The van der Waals surface area contributed by atoms with E-state index in [1.165, 1.54) is 0 Å². The highest BCUT2D eigenvalue weighted by molar-refractivity contribution is 6.28. The SMILES string of the molecule is FC(F)(F)C1CCc2nc(Cl)[nH]c2C1. The summed E-state index contributed by atoms with van der Waals surface area (Å²) in [6.45, 7) is 0. The molecule has 14 heavy (non-hydrogen) atoms. The fourth-order valence-corrected chi connectivity index (χ4v) is 1.94. The van der Waals surface area contributed by atoms with E-state index in [1.54, 1.807) is 0 Å². The van der Waals surface area contributed by atoms with E-state index in [1.807, 2.05) is 0 Å². The van der Waals surface area contributed by atoms with Crippen molar-refractivity contribution in [1.29, 1.82) is 0 Å². The van der Waals surface area contributed by atoms with Crippen molar-refractivity contribution in [2.24, 2.45) is 5.92 Å². The highest BCUT2D eigenvalue weighted by Gasteiger charge is 2.41. The van der Waals surface area contributed by atoms with Crippen molar-refractivity contribution in [2.45, 2.75) is 25.4 Å². The lowest BCUT2D eigenvalue weighted by molar-refractivity contribution is -0.177. The van der Waals surface area contributed by atoms with Crippen LogP contribution in [0.1, 0.15) is 17.8 Å². The zero-order valence-corrected chi connectivity index (χ0v) is 7.91. The molecule has 0 aliphatic heterocycles. The standard InChI is InChI=1S/C8H8ClF3N2/c9-7-13-5-2-1-4(8(10,11)12)3-6(5)14-7/h4H,1-3H2,(H,13,14). The molecule has 0 aromatic carbocycles. The number of H-pyrrole nitrogens is 1. The summed E-state index contributed by atoms with van der Waals surface area (Å²) in [6, 6.07) is 0. The molecule has 1 N–H and O–H groups in total. The van der Waals surface area contributed by atoms with Crippen LogP contribution in [0.3, 0.4) is 0 Å². The van der Waals surface area contributed by atoms with E-state index < -0.39 is 12.1 Å². The third-order valence-electron chi connectivity index (χ3n) is 2.48. The highest BCUT2D eigenvalue weighted by Crippen LogP contribution is 2.36. The van der Waals surface area contributed by atoms with E-state index >= 15 is 0 Å². The van der Waals surface area contributed by atoms with Crippen molar-refractivity contribution in [3.63, 3.8) is 0 Å². The minimum absolute atomic E-state index is 0.0292. The Bertz CT molecular complexity index is 345. The Hall–Kier alpha value is -0.710. The first kappa shape index (κ1) is 9.83. The zero-order valence-electron chi connectivity index (χ0n) is 7.16. The normalized spacial score (nSPS) is 22.1. The number of rotatable bonds is 0. The summed E-state index contributed by atoms with van der Waals surface area (Å²) in [4.78, 5) is 6.56. The predicted octanol–water partition coefficient (Wildman–Crippen LogP) is 2.73. The molecule has 0 saturated carbocycles. The molecule has 2 rings (SSSR count). The second-order valence-electron chi connectivity index (χ2n) is 3.43. The second-order valence-corrected chi connectivity index (χ2v) is 3.79. The van der Waals surface area contributed by atoms with E-state index in [4.69, 9.17) is 11.6 Å². The molecule has 1 aromatic heterocycles. The van der Waals surface area contributed by atoms with Crippen LogP contribution in [0.5, 0.6) is 0 Å². The lowest BCUT2D eigenvalue weighted by atomic mass is 9.89. The molecular weight excluding hydrogens is 217 g/mol. The lowest BCUT2D eigenvalue weighted by Crippen LogP contribution is -2.28. The van der Waals surface area contributed by atoms with Crippen LogP contribution in [-0.4, -0.2) is 16.1 Å². The monoisotopic (exact) mass is 224 g/mol. The lowest BCUT2D eigenvalue weighted by Gasteiger charge is -2.23.